The Morgan fingerprint density at radius 3 is 2.89 bits per heavy atom. The zero-order valence-electron chi connectivity index (χ0n) is 9.63. The highest BCUT2D eigenvalue weighted by atomic mass is 19.1. The van der Waals surface area contributed by atoms with Crippen LogP contribution in [-0.2, 0) is 0 Å². The molecule has 0 aliphatic rings. The minimum absolute atomic E-state index is 0.114. The van der Waals surface area contributed by atoms with Crippen LogP contribution >= 0.6 is 0 Å². The van der Waals surface area contributed by atoms with E-state index in [0.29, 0.717) is 18.0 Å². The Morgan fingerprint density at radius 1 is 1.56 bits per heavy atom. The quantitative estimate of drug-likeness (QED) is 0.902. The van der Waals surface area contributed by atoms with Gasteiger partial charge in [-0.15, -0.1) is 0 Å². The lowest BCUT2D eigenvalue weighted by Gasteiger charge is -2.11. The van der Waals surface area contributed by atoms with Gasteiger partial charge in [-0.3, -0.25) is 4.57 Å². The number of nitrogens with zero attached hydrogens (tertiary/aromatic N) is 2. The molecule has 6 heteroatoms. The summed E-state index contributed by atoms with van der Waals surface area (Å²) in [7, 11) is 0. The average Bonchev–Trinajstić information content (AvgIpc) is 2.76. The standard InChI is InChI=1S/C12H11FN2O3/c1-2-18-10-5-8(12(16)17)3-4-9(10)15-6-11(13)14-7-15/h3-7H,2H2,1H3,(H,16,17). The monoisotopic (exact) mass is 250 g/mol. The fourth-order valence-corrected chi connectivity index (χ4v) is 1.56. The van der Waals surface area contributed by atoms with E-state index in [1.54, 1.807) is 13.0 Å². The minimum Gasteiger partial charge on any atom is -0.492 e. The highest BCUT2D eigenvalue weighted by Gasteiger charge is 2.11. The van der Waals surface area contributed by atoms with Gasteiger partial charge in [0.05, 0.1) is 24.1 Å². The molecule has 5 nitrogen and oxygen atoms in total. The van der Waals surface area contributed by atoms with Gasteiger partial charge >= 0.3 is 5.97 Å². The number of benzene rings is 1. The van der Waals surface area contributed by atoms with E-state index in [1.807, 2.05) is 0 Å². The Labute approximate surface area is 102 Å². The first kappa shape index (κ1) is 12.1. The lowest BCUT2D eigenvalue weighted by atomic mass is 10.2. The van der Waals surface area contributed by atoms with Gasteiger partial charge in [0.1, 0.15) is 12.1 Å². The van der Waals surface area contributed by atoms with Crippen molar-refractivity contribution in [2.45, 2.75) is 6.92 Å². The second-order valence-corrected chi connectivity index (χ2v) is 3.52. The first-order valence-corrected chi connectivity index (χ1v) is 5.32. The van der Waals surface area contributed by atoms with Gasteiger partial charge in [-0.1, -0.05) is 0 Å². The van der Waals surface area contributed by atoms with Gasteiger partial charge in [0, 0.05) is 0 Å². The molecule has 0 spiro atoms. The van der Waals surface area contributed by atoms with Crippen molar-refractivity contribution in [3.63, 3.8) is 0 Å². The fraction of sp³-hybridized carbons (Fsp3) is 0.167. The van der Waals surface area contributed by atoms with E-state index in [1.165, 1.54) is 29.2 Å². The maximum atomic E-state index is 12.9. The van der Waals surface area contributed by atoms with Gasteiger partial charge < -0.3 is 9.84 Å². The molecule has 0 aliphatic carbocycles. The van der Waals surface area contributed by atoms with Crippen molar-refractivity contribution in [2.75, 3.05) is 6.61 Å². The van der Waals surface area contributed by atoms with E-state index in [-0.39, 0.29) is 5.56 Å². The highest BCUT2D eigenvalue weighted by Crippen LogP contribution is 2.24. The summed E-state index contributed by atoms with van der Waals surface area (Å²) in [5.41, 5.74) is 0.654. The van der Waals surface area contributed by atoms with Crippen LogP contribution in [0.25, 0.3) is 5.69 Å². The molecular weight excluding hydrogens is 239 g/mol. The van der Waals surface area contributed by atoms with E-state index in [9.17, 15) is 9.18 Å². The van der Waals surface area contributed by atoms with Gasteiger partial charge in [0.15, 0.2) is 0 Å². The van der Waals surface area contributed by atoms with Crippen LogP contribution in [0.4, 0.5) is 4.39 Å². The van der Waals surface area contributed by atoms with Crippen LogP contribution in [0.1, 0.15) is 17.3 Å². The Kier molecular flexibility index (Phi) is 3.27. The van der Waals surface area contributed by atoms with Crippen LogP contribution in [0.15, 0.2) is 30.7 Å². The molecule has 0 atom stereocenters. The molecular formula is C12H11FN2O3. The third-order valence-corrected chi connectivity index (χ3v) is 2.34. The van der Waals surface area contributed by atoms with Crippen molar-refractivity contribution >= 4 is 5.97 Å². The number of aromatic nitrogens is 2. The molecule has 0 saturated carbocycles. The second-order valence-electron chi connectivity index (χ2n) is 3.52. The van der Waals surface area contributed by atoms with Crippen molar-refractivity contribution in [3.05, 3.63) is 42.2 Å². The van der Waals surface area contributed by atoms with Crippen molar-refractivity contribution in [1.82, 2.24) is 9.55 Å². The fourth-order valence-electron chi connectivity index (χ4n) is 1.56. The van der Waals surface area contributed by atoms with E-state index < -0.39 is 11.9 Å². The Morgan fingerprint density at radius 2 is 2.33 bits per heavy atom. The van der Waals surface area contributed by atoms with E-state index >= 15 is 0 Å². The molecule has 0 fully saturated rings. The molecule has 2 aromatic rings. The summed E-state index contributed by atoms with van der Waals surface area (Å²) in [6, 6.07) is 4.38. The smallest absolute Gasteiger partial charge is 0.335 e. The van der Waals surface area contributed by atoms with Gasteiger partial charge in [-0.05, 0) is 25.1 Å². The van der Waals surface area contributed by atoms with Gasteiger partial charge in [-0.25, -0.2) is 9.78 Å². The maximum Gasteiger partial charge on any atom is 0.335 e. The maximum absolute atomic E-state index is 12.9. The topological polar surface area (TPSA) is 64.3 Å². The number of hydrogen-bond donors (Lipinski definition) is 1. The van der Waals surface area contributed by atoms with Crippen LogP contribution < -0.4 is 4.74 Å². The predicted molar refractivity (Wildman–Crippen MR) is 61.7 cm³/mol. The zero-order valence-corrected chi connectivity index (χ0v) is 9.63. The summed E-state index contributed by atoms with van der Waals surface area (Å²) < 4.78 is 19.7. The first-order valence-electron chi connectivity index (χ1n) is 5.32. The lowest BCUT2D eigenvalue weighted by molar-refractivity contribution is 0.0696. The molecule has 1 aromatic heterocycles. The number of carboxylic acids is 1. The molecule has 0 radical (unpaired) electrons. The molecule has 0 aliphatic heterocycles. The van der Waals surface area contributed by atoms with Crippen LogP contribution in [0.5, 0.6) is 5.75 Å². The SMILES string of the molecule is CCOc1cc(C(=O)O)ccc1-n1cnc(F)c1. The third-order valence-electron chi connectivity index (χ3n) is 2.34. The largest absolute Gasteiger partial charge is 0.492 e. The Hall–Kier alpha value is -2.37. The highest BCUT2D eigenvalue weighted by molar-refractivity contribution is 5.88. The molecule has 0 amide bonds. The number of aromatic carboxylic acids is 1. The van der Waals surface area contributed by atoms with E-state index in [0.717, 1.165) is 0 Å². The summed E-state index contributed by atoms with van der Waals surface area (Å²) in [6.45, 7) is 2.17. The molecule has 94 valence electrons. The Bertz CT molecular complexity index is 580. The normalized spacial score (nSPS) is 10.3. The third kappa shape index (κ3) is 2.32. The van der Waals surface area contributed by atoms with Crippen molar-refractivity contribution in [1.29, 1.82) is 0 Å². The molecule has 1 aromatic carbocycles. The number of carboxylic acid groups (broad SMARTS) is 1. The molecule has 0 bridgehead atoms. The molecule has 1 heterocycles. The molecule has 0 unspecified atom stereocenters. The van der Waals surface area contributed by atoms with E-state index in [4.69, 9.17) is 9.84 Å². The first-order chi connectivity index (χ1) is 8.61. The molecule has 1 N–H and O–H groups in total. The van der Waals surface area contributed by atoms with Gasteiger partial charge in [-0.2, -0.15) is 4.39 Å². The number of hydrogen-bond acceptors (Lipinski definition) is 3. The van der Waals surface area contributed by atoms with Crippen LogP contribution in [0, 0.1) is 5.95 Å². The number of imidazole rings is 1. The van der Waals surface area contributed by atoms with Crippen LogP contribution in [-0.4, -0.2) is 27.2 Å². The summed E-state index contributed by atoms with van der Waals surface area (Å²) in [6.07, 6.45) is 2.49. The average molecular weight is 250 g/mol. The molecule has 0 saturated heterocycles. The number of ether oxygens (including phenoxy) is 1. The zero-order chi connectivity index (χ0) is 13.1. The predicted octanol–water partition coefficient (Wildman–Crippen LogP) is 2.11. The lowest BCUT2D eigenvalue weighted by Crippen LogP contribution is -2.03. The Balaban J connectivity index is 2.49. The van der Waals surface area contributed by atoms with Crippen LogP contribution in [0.2, 0.25) is 0 Å². The number of halogens is 1. The van der Waals surface area contributed by atoms with Gasteiger partial charge in [0.25, 0.3) is 0 Å². The second kappa shape index (κ2) is 4.87. The number of rotatable bonds is 4. The molecule has 18 heavy (non-hydrogen) atoms. The number of carbonyl (C=O) groups is 1. The van der Waals surface area contributed by atoms with Crippen molar-refractivity contribution < 1.29 is 19.0 Å². The summed E-state index contributed by atoms with van der Waals surface area (Å²) in [5, 5.41) is 8.91. The van der Waals surface area contributed by atoms with Crippen molar-refractivity contribution in [2.24, 2.45) is 0 Å². The minimum atomic E-state index is -1.04. The van der Waals surface area contributed by atoms with E-state index in [2.05, 4.69) is 4.98 Å². The van der Waals surface area contributed by atoms with Crippen molar-refractivity contribution in [3.8, 4) is 11.4 Å². The van der Waals surface area contributed by atoms with Gasteiger partial charge in [0.2, 0.25) is 5.95 Å². The summed E-state index contributed by atoms with van der Waals surface area (Å²) >= 11 is 0. The van der Waals surface area contributed by atoms with Crippen LogP contribution in [0.3, 0.4) is 0 Å². The molecule has 2 rings (SSSR count). The summed E-state index contributed by atoms with van der Waals surface area (Å²) in [5.74, 6) is -1.28. The summed E-state index contributed by atoms with van der Waals surface area (Å²) in [4.78, 5) is 14.4.